The van der Waals surface area contributed by atoms with Gasteiger partial charge in [-0.2, -0.15) is 13.2 Å². The Morgan fingerprint density at radius 2 is 2.07 bits per heavy atom. The number of carbonyl (C=O) groups excluding carboxylic acids is 1. The predicted octanol–water partition coefficient (Wildman–Crippen LogP) is 1.81. The molecule has 88 valence electrons. The Morgan fingerprint density at radius 3 is 2.47 bits per heavy atom. The van der Waals surface area contributed by atoms with Crippen molar-refractivity contribution in [2.45, 2.75) is 25.9 Å². The Hall–Kier alpha value is -1.04. The first-order valence-electron chi connectivity index (χ1n) is 4.47. The first kappa shape index (κ1) is 14.0. The first-order chi connectivity index (χ1) is 6.91. The molecule has 1 N–H and O–H groups in total. The molecule has 0 unspecified atom stereocenters. The molecule has 15 heavy (non-hydrogen) atoms. The molecular formula is C9H13F3O3. The molecule has 0 atom stereocenters. The topological polar surface area (TPSA) is 46.5 Å². The van der Waals surface area contributed by atoms with Crippen LogP contribution in [0, 0.1) is 0 Å². The molecular weight excluding hydrogens is 213 g/mol. The van der Waals surface area contributed by atoms with E-state index in [1.165, 1.54) is 6.92 Å². The molecule has 0 heterocycles. The van der Waals surface area contributed by atoms with E-state index in [1.807, 2.05) is 0 Å². The van der Waals surface area contributed by atoms with Crippen LogP contribution in [0.4, 0.5) is 13.2 Å². The third-order valence-electron chi connectivity index (χ3n) is 1.55. The van der Waals surface area contributed by atoms with E-state index in [0.29, 0.717) is 6.08 Å². The third-order valence-corrected chi connectivity index (χ3v) is 1.55. The number of allylic oxidation sites excluding steroid dienone is 1. The van der Waals surface area contributed by atoms with Crippen LogP contribution in [0.25, 0.3) is 0 Å². The highest BCUT2D eigenvalue weighted by atomic mass is 19.4. The lowest BCUT2D eigenvalue weighted by Gasteiger charge is -2.10. The van der Waals surface area contributed by atoms with Crippen molar-refractivity contribution in [3.8, 4) is 0 Å². The van der Waals surface area contributed by atoms with Gasteiger partial charge in [-0.15, -0.1) is 0 Å². The maximum Gasteiger partial charge on any atom is 0.412 e. The normalized spacial score (nSPS) is 12.7. The van der Waals surface area contributed by atoms with Gasteiger partial charge in [-0.1, -0.05) is 0 Å². The molecule has 0 saturated heterocycles. The number of rotatable bonds is 5. The van der Waals surface area contributed by atoms with Crippen LogP contribution in [0.2, 0.25) is 0 Å². The first-order valence-corrected chi connectivity index (χ1v) is 4.47. The van der Waals surface area contributed by atoms with Crippen molar-refractivity contribution < 1.29 is 27.8 Å². The molecule has 0 aromatic carbocycles. The summed E-state index contributed by atoms with van der Waals surface area (Å²) in [5, 5.41) is 8.41. The number of halogens is 3. The molecule has 0 aliphatic carbocycles. The molecule has 0 aromatic rings. The predicted molar refractivity (Wildman–Crippen MR) is 47.1 cm³/mol. The second-order valence-corrected chi connectivity index (χ2v) is 2.75. The molecule has 6 heteroatoms. The van der Waals surface area contributed by atoms with Gasteiger partial charge in [0, 0.05) is 18.3 Å². The average molecular weight is 226 g/mol. The van der Waals surface area contributed by atoms with Crippen molar-refractivity contribution in [3.05, 3.63) is 11.6 Å². The summed E-state index contributed by atoms with van der Waals surface area (Å²) in [5.74, 6) is -1.01. The van der Waals surface area contributed by atoms with Gasteiger partial charge in [0.25, 0.3) is 0 Å². The van der Waals surface area contributed by atoms with E-state index < -0.39 is 24.1 Å². The van der Waals surface area contributed by atoms with Crippen LogP contribution in [-0.2, 0) is 9.53 Å². The number of esters is 1. The maximum atomic E-state index is 12.3. The second kappa shape index (κ2) is 6.44. The Labute approximate surface area is 85.5 Å². The van der Waals surface area contributed by atoms with E-state index >= 15 is 0 Å². The highest BCUT2D eigenvalue weighted by Crippen LogP contribution is 2.28. The number of hydrogen-bond donors (Lipinski definition) is 1. The van der Waals surface area contributed by atoms with Gasteiger partial charge in [-0.3, -0.25) is 0 Å². The fourth-order valence-electron chi connectivity index (χ4n) is 0.891. The number of aliphatic hydroxyl groups is 1. The Bertz CT molecular complexity index is 233. The SMILES string of the molecule is CCOC(=O)/C=C(/CCCO)C(F)(F)F. The van der Waals surface area contributed by atoms with E-state index in [2.05, 4.69) is 4.74 Å². The minimum atomic E-state index is -4.55. The lowest BCUT2D eigenvalue weighted by molar-refractivity contribution is -0.138. The van der Waals surface area contributed by atoms with Crippen molar-refractivity contribution in [3.63, 3.8) is 0 Å². The van der Waals surface area contributed by atoms with Crippen LogP contribution in [0.15, 0.2) is 11.6 Å². The molecule has 0 aliphatic heterocycles. The fraction of sp³-hybridized carbons (Fsp3) is 0.667. The minimum Gasteiger partial charge on any atom is -0.463 e. The van der Waals surface area contributed by atoms with Gasteiger partial charge in [0.1, 0.15) is 0 Å². The van der Waals surface area contributed by atoms with E-state index in [4.69, 9.17) is 5.11 Å². The molecule has 0 aromatic heterocycles. The summed E-state index contributed by atoms with van der Waals surface area (Å²) in [6.45, 7) is 1.18. The van der Waals surface area contributed by atoms with Crippen molar-refractivity contribution in [2.24, 2.45) is 0 Å². The number of carbonyl (C=O) groups is 1. The maximum absolute atomic E-state index is 12.3. The largest absolute Gasteiger partial charge is 0.463 e. The standard InChI is InChI=1S/C9H13F3O3/c1-2-15-8(14)6-7(4-3-5-13)9(10,11)12/h6,13H,2-5H2,1H3/b7-6-. The lowest BCUT2D eigenvalue weighted by atomic mass is 10.1. The van der Waals surface area contributed by atoms with E-state index in [9.17, 15) is 18.0 Å². The number of alkyl halides is 3. The number of ether oxygens (including phenoxy) is 1. The third kappa shape index (κ3) is 6.11. The molecule has 0 bridgehead atoms. The fourth-order valence-corrected chi connectivity index (χ4v) is 0.891. The van der Waals surface area contributed by atoms with Gasteiger partial charge in [0.2, 0.25) is 0 Å². The zero-order valence-electron chi connectivity index (χ0n) is 8.30. The average Bonchev–Trinajstić information content (AvgIpc) is 2.10. The molecule has 0 rings (SSSR count). The Kier molecular flexibility index (Phi) is 6.00. The zero-order valence-corrected chi connectivity index (χ0v) is 8.30. The summed E-state index contributed by atoms with van der Waals surface area (Å²) in [6, 6.07) is 0. The van der Waals surface area contributed by atoms with Gasteiger partial charge < -0.3 is 9.84 Å². The minimum absolute atomic E-state index is 0.0282. The van der Waals surface area contributed by atoms with Crippen molar-refractivity contribution in [1.29, 1.82) is 0 Å². The van der Waals surface area contributed by atoms with Crippen LogP contribution < -0.4 is 0 Å². The summed E-state index contributed by atoms with van der Waals surface area (Å²) in [5.41, 5.74) is -0.977. The van der Waals surface area contributed by atoms with Crippen LogP contribution >= 0.6 is 0 Å². The molecule has 0 spiro atoms. The Morgan fingerprint density at radius 1 is 1.47 bits per heavy atom. The van der Waals surface area contributed by atoms with Crippen molar-refractivity contribution >= 4 is 5.97 Å². The van der Waals surface area contributed by atoms with Crippen LogP contribution in [0.5, 0.6) is 0 Å². The molecule has 0 amide bonds. The summed E-state index contributed by atoms with van der Waals surface area (Å²) in [4.78, 5) is 10.8. The van der Waals surface area contributed by atoms with E-state index in [1.54, 1.807) is 0 Å². The van der Waals surface area contributed by atoms with Crippen LogP contribution in [0.3, 0.4) is 0 Å². The van der Waals surface area contributed by atoms with Crippen LogP contribution in [0.1, 0.15) is 19.8 Å². The van der Waals surface area contributed by atoms with Crippen molar-refractivity contribution in [1.82, 2.24) is 0 Å². The Balaban J connectivity index is 4.54. The summed E-state index contributed by atoms with van der Waals surface area (Å²) >= 11 is 0. The summed E-state index contributed by atoms with van der Waals surface area (Å²) in [6.07, 6.45) is -4.55. The van der Waals surface area contributed by atoms with E-state index in [-0.39, 0.29) is 19.6 Å². The zero-order chi connectivity index (χ0) is 11.9. The van der Waals surface area contributed by atoms with Gasteiger partial charge in [0.15, 0.2) is 0 Å². The van der Waals surface area contributed by atoms with Crippen LogP contribution in [-0.4, -0.2) is 30.5 Å². The van der Waals surface area contributed by atoms with E-state index in [0.717, 1.165) is 0 Å². The molecule has 0 fully saturated rings. The van der Waals surface area contributed by atoms with Gasteiger partial charge in [-0.05, 0) is 19.8 Å². The second-order valence-electron chi connectivity index (χ2n) is 2.75. The molecule has 3 nitrogen and oxygen atoms in total. The van der Waals surface area contributed by atoms with Gasteiger partial charge in [0.05, 0.1) is 6.61 Å². The lowest BCUT2D eigenvalue weighted by Crippen LogP contribution is -2.15. The smallest absolute Gasteiger partial charge is 0.412 e. The highest BCUT2D eigenvalue weighted by Gasteiger charge is 2.33. The number of aliphatic hydroxyl groups excluding tert-OH is 1. The molecule has 0 saturated carbocycles. The monoisotopic (exact) mass is 226 g/mol. The quantitative estimate of drug-likeness (QED) is 0.574. The highest BCUT2D eigenvalue weighted by molar-refractivity contribution is 5.83. The van der Waals surface area contributed by atoms with Crippen molar-refractivity contribution in [2.75, 3.05) is 13.2 Å². The van der Waals surface area contributed by atoms with Gasteiger partial charge in [-0.25, -0.2) is 4.79 Å². The van der Waals surface area contributed by atoms with Gasteiger partial charge >= 0.3 is 12.1 Å². The molecule has 0 aliphatic rings. The molecule has 0 radical (unpaired) electrons. The summed E-state index contributed by atoms with van der Waals surface area (Å²) < 4.78 is 41.2. The number of hydrogen-bond acceptors (Lipinski definition) is 3. The summed E-state index contributed by atoms with van der Waals surface area (Å²) in [7, 11) is 0.